The first-order chi connectivity index (χ1) is 14.3. The molecule has 0 aromatic heterocycles. The van der Waals surface area contributed by atoms with Crippen molar-refractivity contribution in [2.45, 2.75) is 58.0 Å². The van der Waals surface area contributed by atoms with Gasteiger partial charge in [0.05, 0.1) is 18.1 Å². The van der Waals surface area contributed by atoms with Crippen molar-refractivity contribution in [1.82, 2.24) is 10.4 Å². The minimum atomic E-state index is -4.80. The lowest BCUT2D eigenvalue weighted by Crippen LogP contribution is -2.51. The van der Waals surface area contributed by atoms with Crippen LogP contribution in [0, 0.1) is 0 Å². The number of fused-ring (bicyclic) bond motifs is 1. The summed E-state index contributed by atoms with van der Waals surface area (Å²) >= 11 is 0. The molecule has 0 heterocycles. The number of nitrogens with one attached hydrogen (secondary N) is 1. The fraction of sp³-hybridized carbons (Fsp3) is 0.409. The molecule has 2 aromatic carbocycles. The van der Waals surface area contributed by atoms with Gasteiger partial charge in [-0.05, 0) is 50.1 Å². The van der Waals surface area contributed by atoms with Crippen molar-refractivity contribution in [2.75, 3.05) is 0 Å². The zero-order chi connectivity index (χ0) is 23.4. The number of ketones is 1. The van der Waals surface area contributed by atoms with Crippen molar-refractivity contribution in [3.05, 3.63) is 48.0 Å². The lowest BCUT2D eigenvalue weighted by atomic mass is 10.0. The Labute approximate surface area is 178 Å². The van der Waals surface area contributed by atoms with Crippen LogP contribution in [-0.4, -0.2) is 41.0 Å². The van der Waals surface area contributed by atoms with Crippen molar-refractivity contribution in [3.8, 4) is 0 Å². The van der Waals surface area contributed by atoms with Crippen molar-refractivity contribution in [2.24, 2.45) is 0 Å². The molecule has 168 valence electrons. The van der Waals surface area contributed by atoms with Crippen LogP contribution in [0.25, 0.3) is 10.8 Å². The van der Waals surface area contributed by atoms with Crippen molar-refractivity contribution in [1.29, 1.82) is 0 Å². The molecule has 6 nitrogen and oxygen atoms in total. The zero-order valence-electron chi connectivity index (χ0n) is 17.7. The average Bonchev–Trinajstić information content (AvgIpc) is 2.68. The van der Waals surface area contributed by atoms with Gasteiger partial charge in [-0.2, -0.15) is 13.2 Å². The van der Waals surface area contributed by atoms with Crippen LogP contribution in [0.15, 0.2) is 42.5 Å². The third-order valence-corrected chi connectivity index (χ3v) is 4.36. The Balaban J connectivity index is 2.21. The highest BCUT2D eigenvalue weighted by atomic mass is 19.4. The number of hydrogen-bond acceptors (Lipinski definition) is 4. The third kappa shape index (κ3) is 7.06. The van der Waals surface area contributed by atoms with Gasteiger partial charge in [0.25, 0.3) is 5.91 Å². The van der Waals surface area contributed by atoms with E-state index in [4.69, 9.17) is 4.84 Å². The number of hydrogen-bond donors (Lipinski definition) is 1. The number of amides is 2. The minimum Gasteiger partial charge on any atom is -0.343 e. The zero-order valence-corrected chi connectivity index (χ0v) is 17.7. The second-order valence-corrected chi connectivity index (χ2v) is 8.17. The normalized spacial score (nSPS) is 14.0. The molecule has 2 rings (SSSR count). The molecule has 0 bridgehead atoms. The highest BCUT2D eigenvalue weighted by Crippen LogP contribution is 2.26. The van der Waals surface area contributed by atoms with Crippen LogP contribution in [0.3, 0.4) is 0 Å². The summed E-state index contributed by atoms with van der Waals surface area (Å²) in [4.78, 5) is 41.6. The molecule has 0 saturated heterocycles. The first-order valence-electron chi connectivity index (χ1n) is 9.63. The van der Waals surface area contributed by atoms with Gasteiger partial charge in [-0.25, -0.2) is 5.06 Å². The van der Waals surface area contributed by atoms with E-state index in [1.54, 1.807) is 13.0 Å². The standard InChI is InChI=1S/C22H25F3N2O4/c1-14(16-10-9-15-7-5-6-8-17(15)11-16)26-20(30)19(29)18(12-22(23,24)25)27(13-28)31-21(2,3)4/h5-11,13-14,18H,12H2,1-4H3,(H,26,30)/t14-,18-/m0/s1. The van der Waals surface area contributed by atoms with Gasteiger partial charge in [0.1, 0.15) is 6.04 Å². The summed E-state index contributed by atoms with van der Waals surface area (Å²) in [7, 11) is 0. The minimum absolute atomic E-state index is 0.0282. The summed E-state index contributed by atoms with van der Waals surface area (Å²) in [6.07, 6.45) is -6.54. The molecule has 2 atom stereocenters. The molecule has 1 N–H and O–H groups in total. The van der Waals surface area contributed by atoms with E-state index in [1.807, 2.05) is 36.4 Å². The second kappa shape index (κ2) is 9.47. The van der Waals surface area contributed by atoms with E-state index in [0.717, 1.165) is 10.8 Å². The molecule has 0 fully saturated rings. The Morgan fingerprint density at radius 1 is 1.10 bits per heavy atom. The van der Waals surface area contributed by atoms with Gasteiger partial charge >= 0.3 is 6.18 Å². The molecule has 31 heavy (non-hydrogen) atoms. The number of halogens is 3. The van der Waals surface area contributed by atoms with Gasteiger partial charge in [0.15, 0.2) is 0 Å². The van der Waals surface area contributed by atoms with Gasteiger partial charge < -0.3 is 5.32 Å². The number of carbonyl (C=O) groups excluding carboxylic acids is 3. The molecule has 2 amide bonds. The smallest absolute Gasteiger partial charge is 0.343 e. The Morgan fingerprint density at radius 2 is 1.71 bits per heavy atom. The third-order valence-electron chi connectivity index (χ3n) is 4.36. The van der Waals surface area contributed by atoms with E-state index < -0.39 is 42.0 Å². The lowest BCUT2D eigenvalue weighted by molar-refractivity contribution is -0.244. The number of Topliss-reactive ketones (excluding diaryl/α,β-unsaturated/α-hetero) is 1. The fourth-order valence-corrected chi connectivity index (χ4v) is 2.97. The Kier molecular flexibility index (Phi) is 7.43. The molecule has 0 aliphatic rings. The molecular formula is C22H25F3N2O4. The van der Waals surface area contributed by atoms with Crippen LogP contribution in [-0.2, 0) is 19.2 Å². The predicted octanol–water partition coefficient (Wildman–Crippen LogP) is 4.10. The first kappa shape index (κ1) is 24.3. The summed E-state index contributed by atoms with van der Waals surface area (Å²) in [6.45, 7) is 6.11. The van der Waals surface area contributed by atoms with Crippen LogP contribution < -0.4 is 5.32 Å². The maximum absolute atomic E-state index is 13.1. The van der Waals surface area contributed by atoms with Gasteiger partial charge in [0, 0.05) is 0 Å². The number of alkyl halides is 3. The molecular weight excluding hydrogens is 413 g/mol. The second-order valence-electron chi connectivity index (χ2n) is 8.17. The van der Waals surface area contributed by atoms with Gasteiger partial charge in [-0.15, -0.1) is 0 Å². The number of rotatable bonds is 8. The van der Waals surface area contributed by atoms with Crippen LogP contribution in [0.1, 0.15) is 45.7 Å². The van der Waals surface area contributed by atoms with E-state index >= 15 is 0 Å². The number of benzene rings is 2. The van der Waals surface area contributed by atoms with E-state index in [-0.39, 0.29) is 11.5 Å². The van der Waals surface area contributed by atoms with Crippen LogP contribution in [0.4, 0.5) is 13.2 Å². The Morgan fingerprint density at radius 3 is 2.26 bits per heavy atom. The summed E-state index contributed by atoms with van der Waals surface area (Å²) in [6, 6.07) is 10.1. The van der Waals surface area contributed by atoms with Crippen molar-refractivity contribution >= 4 is 28.9 Å². The predicted molar refractivity (Wildman–Crippen MR) is 109 cm³/mol. The molecule has 2 aromatic rings. The molecule has 0 spiro atoms. The highest BCUT2D eigenvalue weighted by molar-refractivity contribution is 6.38. The summed E-state index contributed by atoms with van der Waals surface area (Å²) in [5.74, 6) is -2.65. The molecule has 0 unspecified atom stereocenters. The molecule has 9 heteroatoms. The topological polar surface area (TPSA) is 75.7 Å². The Bertz CT molecular complexity index is 954. The summed E-state index contributed by atoms with van der Waals surface area (Å²) < 4.78 is 39.2. The lowest BCUT2D eigenvalue weighted by Gasteiger charge is -2.32. The number of carbonyl (C=O) groups is 3. The SMILES string of the molecule is C[C@H](NC(=O)C(=O)[C@H](CC(F)(F)F)N(C=O)OC(C)(C)C)c1ccc2ccccc2c1. The number of nitrogens with zero attached hydrogens (tertiary/aromatic N) is 1. The molecule has 0 aliphatic carbocycles. The van der Waals surface area contributed by atoms with Gasteiger partial charge in [0.2, 0.25) is 12.2 Å². The molecule has 0 aliphatic heterocycles. The van der Waals surface area contributed by atoms with E-state index in [2.05, 4.69) is 5.32 Å². The Hall–Kier alpha value is -2.94. The van der Waals surface area contributed by atoms with Crippen molar-refractivity contribution in [3.63, 3.8) is 0 Å². The quantitative estimate of drug-likeness (QED) is 0.383. The van der Waals surface area contributed by atoms with Gasteiger partial charge in [-0.1, -0.05) is 36.4 Å². The van der Waals surface area contributed by atoms with Crippen LogP contribution >= 0.6 is 0 Å². The number of hydroxylamine groups is 2. The summed E-state index contributed by atoms with van der Waals surface area (Å²) in [5, 5.41) is 4.56. The van der Waals surface area contributed by atoms with Gasteiger partial charge in [-0.3, -0.25) is 19.2 Å². The maximum atomic E-state index is 13.1. The molecule has 0 saturated carbocycles. The van der Waals surface area contributed by atoms with Crippen LogP contribution in [0.5, 0.6) is 0 Å². The first-order valence-corrected chi connectivity index (χ1v) is 9.63. The van der Waals surface area contributed by atoms with Crippen LogP contribution in [0.2, 0.25) is 0 Å². The fourth-order valence-electron chi connectivity index (χ4n) is 2.97. The summed E-state index contributed by atoms with van der Waals surface area (Å²) in [5.41, 5.74) is -0.384. The monoisotopic (exact) mass is 438 g/mol. The van der Waals surface area contributed by atoms with Crippen molar-refractivity contribution < 1.29 is 32.4 Å². The van der Waals surface area contributed by atoms with E-state index in [9.17, 15) is 27.6 Å². The largest absolute Gasteiger partial charge is 0.391 e. The highest BCUT2D eigenvalue weighted by Gasteiger charge is 2.42. The van der Waals surface area contributed by atoms with E-state index in [1.165, 1.54) is 20.8 Å². The van der Waals surface area contributed by atoms with E-state index in [0.29, 0.717) is 5.56 Å². The maximum Gasteiger partial charge on any atom is 0.391 e. The average molecular weight is 438 g/mol. The molecule has 0 radical (unpaired) electrons.